The molecule has 0 spiro atoms. The van der Waals surface area contributed by atoms with Crippen molar-refractivity contribution in [3.63, 3.8) is 0 Å². The third-order valence-electron chi connectivity index (χ3n) is 4.29. The minimum atomic E-state index is -0.319. The van der Waals surface area contributed by atoms with Crippen molar-refractivity contribution >= 4 is 17.5 Å². The van der Waals surface area contributed by atoms with E-state index in [4.69, 9.17) is 8.83 Å². The molecule has 29 heavy (non-hydrogen) atoms. The van der Waals surface area contributed by atoms with Crippen LogP contribution in [-0.2, 0) is 6.54 Å². The number of oxazole rings is 1. The molecule has 0 radical (unpaired) electrons. The van der Waals surface area contributed by atoms with Crippen molar-refractivity contribution in [2.75, 3.05) is 5.32 Å². The van der Waals surface area contributed by atoms with E-state index in [0.717, 1.165) is 5.56 Å². The Morgan fingerprint density at radius 3 is 2.45 bits per heavy atom. The highest BCUT2D eigenvalue weighted by atomic mass is 16.3. The van der Waals surface area contributed by atoms with Gasteiger partial charge in [0, 0.05) is 11.1 Å². The van der Waals surface area contributed by atoms with E-state index in [1.54, 1.807) is 73.1 Å². The van der Waals surface area contributed by atoms with Gasteiger partial charge < -0.3 is 19.5 Å². The average molecular weight is 387 g/mol. The Labute approximate surface area is 166 Å². The van der Waals surface area contributed by atoms with Crippen LogP contribution in [0.15, 0.2) is 88.4 Å². The number of hydrogen-bond donors (Lipinski definition) is 2. The van der Waals surface area contributed by atoms with E-state index in [1.165, 1.54) is 6.39 Å². The highest BCUT2D eigenvalue weighted by Gasteiger charge is 2.14. The largest absolute Gasteiger partial charge is 0.467 e. The second-order valence-corrected chi connectivity index (χ2v) is 6.20. The first-order valence-corrected chi connectivity index (χ1v) is 8.90. The zero-order valence-corrected chi connectivity index (χ0v) is 15.3. The molecular formula is C22H17N3O4. The summed E-state index contributed by atoms with van der Waals surface area (Å²) in [5.41, 5.74) is 2.07. The molecule has 2 heterocycles. The summed E-state index contributed by atoms with van der Waals surface area (Å²) in [6.07, 6.45) is 4.50. The van der Waals surface area contributed by atoms with Gasteiger partial charge in [0.15, 0.2) is 12.2 Å². The summed E-state index contributed by atoms with van der Waals surface area (Å²) in [6, 6.07) is 17.3. The van der Waals surface area contributed by atoms with E-state index in [1.807, 2.05) is 0 Å². The molecule has 0 saturated heterocycles. The van der Waals surface area contributed by atoms with Crippen molar-refractivity contribution in [2.45, 2.75) is 6.54 Å². The van der Waals surface area contributed by atoms with Gasteiger partial charge in [-0.3, -0.25) is 9.59 Å². The molecule has 2 aromatic heterocycles. The average Bonchev–Trinajstić information content (AvgIpc) is 3.47. The van der Waals surface area contributed by atoms with Crippen LogP contribution in [0.4, 0.5) is 5.69 Å². The molecule has 0 unspecified atom stereocenters. The number of nitrogens with zero attached hydrogens (tertiary/aromatic N) is 1. The number of hydrogen-bond acceptors (Lipinski definition) is 5. The van der Waals surface area contributed by atoms with Crippen molar-refractivity contribution < 1.29 is 18.4 Å². The SMILES string of the molecule is O=C(Nc1ccccc1C(=O)NCc1ccco1)c1ccc(-c2cnco2)cc1. The third-order valence-corrected chi connectivity index (χ3v) is 4.29. The number of anilines is 1. The number of amides is 2. The fraction of sp³-hybridized carbons (Fsp3) is 0.0455. The summed E-state index contributed by atoms with van der Waals surface area (Å²) in [4.78, 5) is 29.1. The Morgan fingerprint density at radius 2 is 1.72 bits per heavy atom. The summed E-state index contributed by atoms with van der Waals surface area (Å²) in [6.45, 7) is 0.261. The van der Waals surface area contributed by atoms with Crippen LogP contribution in [0.3, 0.4) is 0 Å². The minimum absolute atomic E-state index is 0.261. The van der Waals surface area contributed by atoms with Gasteiger partial charge in [0.1, 0.15) is 5.76 Å². The number of aromatic nitrogens is 1. The number of nitrogens with one attached hydrogen (secondary N) is 2. The van der Waals surface area contributed by atoms with E-state index in [2.05, 4.69) is 15.6 Å². The van der Waals surface area contributed by atoms with Gasteiger partial charge in [-0.05, 0) is 36.4 Å². The molecule has 0 atom stereocenters. The second-order valence-electron chi connectivity index (χ2n) is 6.20. The quantitative estimate of drug-likeness (QED) is 0.519. The van der Waals surface area contributed by atoms with Crippen LogP contribution in [-0.4, -0.2) is 16.8 Å². The lowest BCUT2D eigenvalue weighted by atomic mass is 10.1. The van der Waals surface area contributed by atoms with Crippen molar-refractivity contribution in [3.05, 3.63) is 96.4 Å². The van der Waals surface area contributed by atoms with E-state index in [0.29, 0.717) is 28.3 Å². The summed E-state index contributed by atoms with van der Waals surface area (Å²) in [7, 11) is 0. The highest BCUT2D eigenvalue weighted by Crippen LogP contribution is 2.20. The van der Waals surface area contributed by atoms with Gasteiger partial charge in [-0.2, -0.15) is 0 Å². The van der Waals surface area contributed by atoms with Gasteiger partial charge in [-0.1, -0.05) is 24.3 Å². The number of carbonyl (C=O) groups excluding carboxylic acids is 2. The number of para-hydroxylation sites is 1. The molecule has 7 heteroatoms. The fourth-order valence-electron chi connectivity index (χ4n) is 2.80. The molecule has 2 N–H and O–H groups in total. The monoisotopic (exact) mass is 387 g/mol. The second kappa shape index (κ2) is 8.26. The first kappa shape index (κ1) is 18.2. The molecule has 0 bridgehead atoms. The van der Waals surface area contributed by atoms with Gasteiger partial charge in [-0.25, -0.2) is 4.98 Å². The first-order chi connectivity index (χ1) is 14.2. The molecule has 4 rings (SSSR count). The highest BCUT2D eigenvalue weighted by molar-refractivity contribution is 6.09. The lowest BCUT2D eigenvalue weighted by Crippen LogP contribution is -2.24. The molecule has 7 nitrogen and oxygen atoms in total. The maximum absolute atomic E-state index is 12.6. The van der Waals surface area contributed by atoms with Crippen LogP contribution in [0.2, 0.25) is 0 Å². The van der Waals surface area contributed by atoms with E-state index in [9.17, 15) is 9.59 Å². The number of benzene rings is 2. The maximum atomic E-state index is 12.6. The van der Waals surface area contributed by atoms with E-state index < -0.39 is 0 Å². The van der Waals surface area contributed by atoms with Gasteiger partial charge in [0.2, 0.25) is 0 Å². The molecule has 144 valence electrons. The summed E-state index contributed by atoms with van der Waals surface area (Å²) < 4.78 is 10.5. The van der Waals surface area contributed by atoms with E-state index >= 15 is 0 Å². The molecule has 2 aromatic carbocycles. The Morgan fingerprint density at radius 1 is 0.897 bits per heavy atom. The molecule has 0 aliphatic heterocycles. The first-order valence-electron chi connectivity index (χ1n) is 8.90. The summed E-state index contributed by atoms with van der Waals surface area (Å²) in [5, 5.41) is 5.57. The zero-order valence-electron chi connectivity index (χ0n) is 15.3. The predicted molar refractivity (Wildman–Crippen MR) is 106 cm³/mol. The molecule has 4 aromatic rings. The van der Waals surface area contributed by atoms with Crippen LogP contribution in [0, 0.1) is 0 Å². The zero-order chi connectivity index (χ0) is 20.1. The molecule has 2 amide bonds. The van der Waals surface area contributed by atoms with Crippen molar-refractivity contribution in [3.8, 4) is 11.3 Å². The Balaban J connectivity index is 1.46. The van der Waals surface area contributed by atoms with Crippen LogP contribution in [0.25, 0.3) is 11.3 Å². The van der Waals surface area contributed by atoms with Gasteiger partial charge >= 0.3 is 0 Å². The van der Waals surface area contributed by atoms with Crippen LogP contribution in [0.5, 0.6) is 0 Å². The number of rotatable bonds is 6. The topological polar surface area (TPSA) is 97.4 Å². The lowest BCUT2D eigenvalue weighted by Gasteiger charge is -2.11. The maximum Gasteiger partial charge on any atom is 0.255 e. The van der Waals surface area contributed by atoms with Crippen molar-refractivity contribution in [2.24, 2.45) is 0 Å². The third kappa shape index (κ3) is 4.24. The number of carbonyl (C=O) groups is 2. The molecule has 0 aliphatic carbocycles. The molecule has 0 saturated carbocycles. The summed E-state index contributed by atoms with van der Waals surface area (Å²) >= 11 is 0. The summed E-state index contributed by atoms with van der Waals surface area (Å²) in [5.74, 6) is 0.639. The predicted octanol–water partition coefficient (Wildman–Crippen LogP) is 4.12. The van der Waals surface area contributed by atoms with Crippen LogP contribution in [0.1, 0.15) is 26.5 Å². The Hall–Kier alpha value is -4.13. The fourth-order valence-corrected chi connectivity index (χ4v) is 2.80. The Kier molecular flexibility index (Phi) is 5.20. The van der Waals surface area contributed by atoms with Gasteiger partial charge in [0.05, 0.1) is 30.3 Å². The van der Waals surface area contributed by atoms with Gasteiger partial charge in [-0.15, -0.1) is 0 Å². The smallest absolute Gasteiger partial charge is 0.255 e. The normalized spacial score (nSPS) is 10.5. The van der Waals surface area contributed by atoms with E-state index in [-0.39, 0.29) is 18.4 Å². The van der Waals surface area contributed by atoms with Gasteiger partial charge in [0.25, 0.3) is 11.8 Å². The standard InChI is InChI=1S/C22H17N3O4/c26-21(16-9-7-15(8-10-16)20-13-23-14-29-20)25-19-6-2-1-5-18(19)22(27)24-12-17-4-3-11-28-17/h1-11,13-14H,12H2,(H,24,27)(H,25,26). The number of furan rings is 1. The minimum Gasteiger partial charge on any atom is -0.467 e. The van der Waals surface area contributed by atoms with Crippen LogP contribution < -0.4 is 10.6 Å². The molecule has 0 aliphatic rings. The lowest BCUT2D eigenvalue weighted by molar-refractivity contribution is 0.0949. The molecule has 0 fully saturated rings. The van der Waals surface area contributed by atoms with Crippen molar-refractivity contribution in [1.29, 1.82) is 0 Å². The molecular weight excluding hydrogens is 370 g/mol. The Bertz CT molecular complexity index is 1100. The van der Waals surface area contributed by atoms with Crippen molar-refractivity contribution in [1.82, 2.24) is 10.3 Å². The van der Waals surface area contributed by atoms with Crippen LogP contribution >= 0.6 is 0 Å².